The Kier molecular flexibility index (Phi) is 5.39. The van der Waals surface area contributed by atoms with Crippen molar-refractivity contribution >= 4 is 29.1 Å². The summed E-state index contributed by atoms with van der Waals surface area (Å²) in [7, 11) is 0. The zero-order valence-corrected chi connectivity index (χ0v) is 13.5. The summed E-state index contributed by atoms with van der Waals surface area (Å²) >= 11 is 6.29. The van der Waals surface area contributed by atoms with E-state index in [1.807, 2.05) is 26.0 Å². The fraction of sp³-hybridized carbons (Fsp3) is 0.375. The Balaban J connectivity index is 2.15. The van der Waals surface area contributed by atoms with Crippen LogP contribution in [0, 0.1) is 13.8 Å². The molecule has 21 heavy (non-hydrogen) atoms. The second kappa shape index (κ2) is 7.27. The summed E-state index contributed by atoms with van der Waals surface area (Å²) < 4.78 is 0. The zero-order valence-electron chi connectivity index (χ0n) is 12.7. The van der Waals surface area contributed by atoms with E-state index < -0.39 is 0 Å². The summed E-state index contributed by atoms with van der Waals surface area (Å²) in [6, 6.07) is 5.88. The summed E-state index contributed by atoms with van der Waals surface area (Å²) in [5.74, 6) is 1.37. The fourth-order valence-corrected chi connectivity index (χ4v) is 2.46. The van der Waals surface area contributed by atoms with E-state index in [1.54, 1.807) is 6.20 Å². The van der Waals surface area contributed by atoms with Gasteiger partial charge in [-0.25, -0.2) is 4.98 Å². The third-order valence-corrected chi connectivity index (χ3v) is 3.46. The van der Waals surface area contributed by atoms with Gasteiger partial charge in [0.15, 0.2) is 0 Å². The van der Waals surface area contributed by atoms with Gasteiger partial charge in [0.25, 0.3) is 0 Å². The van der Waals surface area contributed by atoms with Gasteiger partial charge in [-0.3, -0.25) is 0 Å². The number of halogens is 1. The monoisotopic (exact) mass is 304 g/mol. The lowest BCUT2D eigenvalue weighted by molar-refractivity contribution is 0.830. The summed E-state index contributed by atoms with van der Waals surface area (Å²) in [6.07, 6.45) is 4.01. The first-order valence-corrected chi connectivity index (χ1v) is 7.58. The van der Waals surface area contributed by atoms with E-state index >= 15 is 0 Å². The number of rotatable bonds is 6. The Hall–Kier alpha value is -1.81. The SMILES string of the molecule is CCCCNc1ccnc(Nc2c(C)cc(C)cc2Cl)n1. The van der Waals surface area contributed by atoms with Crippen molar-refractivity contribution in [3.05, 3.63) is 40.5 Å². The second-order valence-corrected chi connectivity index (χ2v) is 5.52. The van der Waals surface area contributed by atoms with Crippen LogP contribution < -0.4 is 10.6 Å². The molecule has 4 nitrogen and oxygen atoms in total. The van der Waals surface area contributed by atoms with E-state index in [0.29, 0.717) is 11.0 Å². The molecule has 0 aliphatic heterocycles. The molecule has 0 saturated carbocycles. The minimum atomic E-state index is 0.547. The van der Waals surface area contributed by atoms with Crippen LogP contribution in [0.5, 0.6) is 0 Å². The Morgan fingerprint density at radius 1 is 1.24 bits per heavy atom. The smallest absolute Gasteiger partial charge is 0.229 e. The Labute approximate surface area is 131 Å². The highest BCUT2D eigenvalue weighted by atomic mass is 35.5. The van der Waals surface area contributed by atoms with Crippen molar-refractivity contribution in [1.29, 1.82) is 0 Å². The molecule has 1 aromatic heterocycles. The average Bonchev–Trinajstić information content (AvgIpc) is 2.44. The predicted molar refractivity (Wildman–Crippen MR) is 89.6 cm³/mol. The van der Waals surface area contributed by atoms with Gasteiger partial charge in [0.2, 0.25) is 5.95 Å². The highest BCUT2D eigenvalue weighted by Crippen LogP contribution is 2.29. The van der Waals surface area contributed by atoms with E-state index in [0.717, 1.165) is 42.0 Å². The standard InChI is InChI=1S/C16H21ClN4/c1-4-5-7-18-14-6-8-19-16(20-14)21-15-12(3)9-11(2)10-13(15)17/h6,8-10H,4-5,7H2,1-3H3,(H2,18,19,20,21). The normalized spacial score (nSPS) is 10.5. The van der Waals surface area contributed by atoms with E-state index in [-0.39, 0.29) is 0 Å². The van der Waals surface area contributed by atoms with Gasteiger partial charge in [0.1, 0.15) is 5.82 Å². The molecule has 0 saturated heterocycles. The van der Waals surface area contributed by atoms with Gasteiger partial charge in [-0.2, -0.15) is 4.98 Å². The first-order valence-electron chi connectivity index (χ1n) is 7.21. The molecule has 0 fully saturated rings. The highest BCUT2D eigenvalue weighted by Gasteiger charge is 2.07. The van der Waals surface area contributed by atoms with Crippen LogP contribution in [0.25, 0.3) is 0 Å². The van der Waals surface area contributed by atoms with E-state index in [1.165, 1.54) is 0 Å². The molecule has 0 amide bonds. The number of hydrogen-bond donors (Lipinski definition) is 2. The van der Waals surface area contributed by atoms with Crippen molar-refractivity contribution in [3.8, 4) is 0 Å². The third-order valence-electron chi connectivity index (χ3n) is 3.16. The van der Waals surface area contributed by atoms with Gasteiger partial charge in [0.05, 0.1) is 10.7 Å². The van der Waals surface area contributed by atoms with Crippen molar-refractivity contribution in [2.24, 2.45) is 0 Å². The quantitative estimate of drug-likeness (QED) is 0.759. The van der Waals surface area contributed by atoms with Crippen LogP contribution in [0.3, 0.4) is 0 Å². The minimum Gasteiger partial charge on any atom is -0.370 e. The minimum absolute atomic E-state index is 0.547. The lowest BCUT2D eigenvalue weighted by Gasteiger charge is -2.12. The maximum atomic E-state index is 6.29. The number of aromatic nitrogens is 2. The van der Waals surface area contributed by atoms with Crippen molar-refractivity contribution in [2.75, 3.05) is 17.2 Å². The molecule has 2 N–H and O–H groups in total. The maximum absolute atomic E-state index is 6.29. The van der Waals surface area contributed by atoms with Gasteiger partial charge in [-0.05, 0) is 43.5 Å². The van der Waals surface area contributed by atoms with Crippen LogP contribution in [0.1, 0.15) is 30.9 Å². The molecule has 0 spiro atoms. The number of benzene rings is 1. The van der Waals surface area contributed by atoms with Gasteiger partial charge in [-0.1, -0.05) is 31.0 Å². The number of hydrogen-bond acceptors (Lipinski definition) is 4. The number of nitrogens with one attached hydrogen (secondary N) is 2. The van der Waals surface area contributed by atoms with E-state index in [4.69, 9.17) is 11.6 Å². The molecule has 1 aromatic carbocycles. The number of nitrogens with zero attached hydrogens (tertiary/aromatic N) is 2. The molecule has 0 aliphatic carbocycles. The van der Waals surface area contributed by atoms with Crippen LogP contribution in [-0.2, 0) is 0 Å². The largest absolute Gasteiger partial charge is 0.370 e. The summed E-state index contributed by atoms with van der Waals surface area (Å²) in [6.45, 7) is 7.12. The molecule has 2 rings (SSSR count). The van der Waals surface area contributed by atoms with Crippen molar-refractivity contribution in [2.45, 2.75) is 33.6 Å². The van der Waals surface area contributed by atoms with Gasteiger partial charge in [-0.15, -0.1) is 0 Å². The molecule has 0 unspecified atom stereocenters. The Morgan fingerprint density at radius 3 is 2.76 bits per heavy atom. The summed E-state index contributed by atoms with van der Waals surface area (Å²) in [5, 5.41) is 7.17. The van der Waals surface area contributed by atoms with Crippen LogP contribution in [0.15, 0.2) is 24.4 Å². The van der Waals surface area contributed by atoms with Crippen LogP contribution in [0.4, 0.5) is 17.5 Å². The topological polar surface area (TPSA) is 49.8 Å². The molecular formula is C16H21ClN4. The van der Waals surface area contributed by atoms with E-state index in [9.17, 15) is 0 Å². The number of unbranched alkanes of at least 4 members (excludes halogenated alkanes) is 1. The van der Waals surface area contributed by atoms with Crippen LogP contribution in [-0.4, -0.2) is 16.5 Å². The summed E-state index contributed by atoms with van der Waals surface area (Å²) in [5.41, 5.74) is 3.07. The van der Waals surface area contributed by atoms with Crippen molar-refractivity contribution < 1.29 is 0 Å². The number of anilines is 3. The van der Waals surface area contributed by atoms with E-state index in [2.05, 4.69) is 33.6 Å². The molecule has 5 heteroatoms. The fourth-order valence-electron chi connectivity index (χ4n) is 2.10. The van der Waals surface area contributed by atoms with Crippen LogP contribution >= 0.6 is 11.6 Å². The van der Waals surface area contributed by atoms with Gasteiger partial charge >= 0.3 is 0 Å². The molecule has 2 aromatic rings. The number of aryl methyl sites for hydroxylation is 2. The van der Waals surface area contributed by atoms with Crippen molar-refractivity contribution in [1.82, 2.24) is 9.97 Å². The Morgan fingerprint density at radius 2 is 2.05 bits per heavy atom. The lowest BCUT2D eigenvalue weighted by atomic mass is 10.1. The molecule has 0 aliphatic rings. The molecule has 0 radical (unpaired) electrons. The summed E-state index contributed by atoms with van der Waals surface area (Å²) in [4.78, 5) is 8.70. The average molecular weight is 305 g/mol. The molecular weight excluding hydrogens is 284 g/mol. The first-order chi connectivity index (χ1) is 10.1. The molecule has 0 bridgehead atoms. The molecule has 0 atom stereocenters. The van der Waals surface area contributed by atoms with Crippen LogP contribution in [0.2, 0.25) is 5.02 Å². The Bertz CT molecular complexity index is 590. The van der Waals surface area contributed by atoms with Gasteiger partial charge in [0, 0.05) is 12.7 Å². The lowest BCUT2D eigenvalue weighted by Crippen LogP contribution is -2.06. The molecule has 112 valence electrons. The maximum Gasteiger partial charge on any atom is 0.229 e. The molecule has 1 heterocycles. The predicted octanol–water partition coefficient (Wildman–Crippen LogP) is 4.70. The second-order valence-electron chi connectivity index (χ2n) is 5.11. The highest BCUT2D eigenvalue weighted by molar-refractivity contribution is 6.33. The first kappa shape index (κ1) is 15.6. The van der Waals surface area contributed by atoms with Crippen molar-refractivity contribution in [3.63, 3.8) is 0 Å². The zero-order chi connectivity index (χ0) is 15.2. The third kappa shape index (κ3) is 4.33. The van der Waals surface area contributed by atoms with Gasteiger partial charge < -0.3 is 10.6 Å².